The Morgan fingerprint density at radius 1 is 0.310 bits per heavy atom. The molecule has 10 aromatic rings. The van der Waals surface area contributed by atoms with Crippen molar-refractivity contribution in [2.24, 2.45) is 0 Å². The molecule has 0 aliphatic heterocycles. The standard InChI is InChI=1S/C57H41N/c1-57(2)54-26-13-12-24-51(54)52-34-32-44(37-55(52)57)58(43-30-27-40(28-31-43)46-25-14-19-38-17-6-8-20-45(38)46)56-36-42(29-33-48(56)39-15-4-3-5-16-39)53-35-41-18-7-9-21-47(41)49-22-10-11-23-50(49)53/h3-37H,1-2H3. The summed E-state index contributed by atoms with van der Waals surface area (Å²) >= 11 is 0. The Labute approximate surface area is 340 Å². The second-order valence-corrected chi connectivity index (χ2v) is 16.1. The van der Waals surface area contributed by atoms with Crippen molar-refractivity contribution >= 4 is 49.4 Å². The number of hydrogen-bond acceptors (Lipinski definition) is 1. The largest absolute Gasteiger partial charge is 0.310 e. The van der Waals surface area contributed by atoms with Gasteiger partial charge >= 0.3 is 0 Å². The van der Waals surface area contributed by atoms with Gasteiger partial charge in [0, 0.05) is 22.4 Å². The molecule has 1 aliphatic rings. The Bertz CT molecular complexity index is 3180. The van der Waals surface area contributed by atoms with Gasteiger partial charge in [0.05, 0.1) is 5.69 Å². The highest BCUT2D eigenvalue weighted by Gasteiger charge is 2.36. The third kappa shape index (κ3) is 5.46. The molecule has 10 aromatic carbocycles. The molecule has 0 unspecified atom stereocenters. The summed E-state index contributed by atoms with van der Waals surface area (Å²) in [6, 6.07) is 78.3. The maximum absolute atomic E-state index is 2.49. The minimum Gasteiger partial charge on any atom is -0.310 e. The van der Waals surface area contributed by atoms with E-state index in [1.54, 1.807) is 0 Å². The fourth-order valence-corrected chi connectivity index (χ4v) is 9.56. The number of anilines is 3. The number of nitrogens with zero attached hydrogens (tertiary/aromatic N) is 1. The lowest BCUT2D eigenvalue weighted by atomic mass is 9.82. The van der Waals surface area contributed by atoms with Gasteiger partial charge in [-0.1, -0.05) is 190 Å². The molecule has 58 heavy (non-hydrogen) atoms. The minimum absolute atomic E-state index is 0.139. The maximum atomic E-state index is 2.49. The summed E-state index contributed by atoms with van der Waals surface area (Å²) in [6.45, 7) is 4.73. The van der Waals surface area contributed by atoms with Crippen LogP contribution >= 0.6 is 0 Å². The van der Waals surface area contributed by atoms with Crippen LogP contribution < -0.4 is 4.90 Å². The first-order chi connectivity index (χ1) is 28.5. The minimum atomic E-state index is -0.139. The van der Waals surface area contributed by atoms with E-state index in [1.165, 1.54) is 88.0 Å². The first-order valence-corrected chi connectivity index (χ1v) is 20.3. The van der Waals surface area contributed by atoms with Gasteiger partial charge in [-0.3, -0.25) is 0 Å². The Hall–Kier alpha value is -7.22. The molecule has 0 fully saturated rings. The van der Waals surface area contributed by atoms with Crippen LogP contribution in [-0.4, -0.2) is 0 Å². The molecule has 0 saturated heterocycles. The molecule has 0 radical (unpaired) electrons. The average Bonchev–Trinajstić information content (AvgIpc) is 3.51. The first-order valence-electron chi connectivity index (χ1n) is 20.3. The lowest BCUT2D eigenvalue weighted by molar-refractivity contribution is 0.660. The molecule has 0 heterocycles. The van der Waals surface area contributed by atoms with Gasteiger partial charge in [-0.15, -0.1) is 0 Å². The molecule has 0 aromatic heterocycles. The summed E-state index contributed by atoms with van der Waals surface area (Å²) in [5.74, 6) is 0. The molecule has 0 atom stereocenters. The number of rotatable bonds is 6. The molecule has 274 valence electrons. The van der Waals surface area contributed by atoms with E-state index in [9.17, 15) is 0 Å². The van der Waals surface area contributed by atoms with E-state index in [2.05, 4.69) is 231 Å². The van der Waals surface area contributed by atoms with Crippen molar-refractivity contribution in [3.05, 3.63) is 223 Å². The molecule has 0 N–H and O–H groups in total. The van der Waals surface area contributed by atoms with E-state index in [0.29, 0.717) is 0 Å². The Kier molecular flexibility index (Phi) is 7.91. The highest BCUT2D eigenvalue weighted by atomic mass is 15.1. The normalized spacial score (nSPS) is 12.8. The van der Waals surface area contributed by atoms with Gasteiger partial charge < -0.3 is 4.90 Å². The molecule has 1 aliphatic carbocycles. The van der Waals surface area contributed by atoms with Gasteiger partial charge in [0.1, 0.15) is 0 Å². The molecule has 11 rings (SSSR count). The predicted molar refractivity (Wildman–Crippen MR) is 248 cm³/mol. The molecule has 1 nitrogen and oxygen atoms in total. The summed E-state index contributed by atoms with van der Waals surface area (Å²) in [6.07, 6.45) is 0. The number of hydrogen-bond donors (Lipinski definition) is 0. The monoisotopic (exact) mass is 739 g/mol. The van der Waals surface area contributed by atoms with Crippen LogP contribution in [0.4, 0.5) is 17.1 Å². The second kappa shape index (κ2) is 13.5. The third-order valence-corrected chi connectivity index (χ3v) is 12.5. The van der Waals surface area contributed by atoms with Crippen LogP contribution in [0.3, 0.4) is 0 Å². The van der Waals surface area contributed by atoms with Crippen molar-refractivity contribution in [1.29, 1.82) is 0 Å². The van der Waals surface area contributed by atoms with Crippen LogP contribution in [0.25, 0.3) is 76.8 Å². The summed E-state index contributed by atoms with van der Waals surface area (Å²) in [4.78, 5) is 2.49. The quantitative estimate of drug-likeness (QED) is 0.154. The Balaban J connectivity index is 1.16. The van der Waals surface area contributed by atoms with Crippen LogP contribution in [-0.2, 0) is 5.41 Å². The molecule has 0 spiro atoms. The topological polar surface area (TPSA) is 3.24 Å². The zero-order valence-electron chi connectivity index (χ0n) is 32.7. The zero-order chi connectivity index (χ0) is 38.8. The Morgan fingerprint density at radius 3 is 1.71 bits per heavy atom. The highest BCUT2D eigenvalue weighted by Crippen LogP contribution is 2.52. The van der Waals surface area contributed by atoms with Crippen LogP contribution in [0.2, 0.25) is 0 Å². The van der Waals surface area contributed by atoms with E-state index < -0.39 is 0 Å². The summed E-state index contributed by atoms with van der Waals surface area (Å²) in [7, 11) is 0. The van der Waals surface area contributed by atoms with Crippen LogP contribution in [0, 0.1) is 0 Å². The smallest absolute Gasteiger partial charge is 0.0546 e. The first kappa shape index (κ1) is 34.1. The average molecular weight is 740 g/mol. The van der Waals surface area contributed by atoms with Gasteiger partial charge in [-0.2, -0.15) is 0 Å². The van der Waals surface area contributed by atoms with Crippen LogP contribution in [0.5, 0.6) is 0 Å². The van der Waals surface area contributed by atoms with Crippen molar-refractivity contribution in [3.63, 3.8) is 0 Å². The fraction of sp³-hybridized carbons (Fsp3) is 0.0526. The fourth-order valence-electron chi connectivity index (χ4n) is 9.56. The number of fused-ring (bicyclic) bond motifs is 7. The van der Waals surface area contributed by atoms with E-state index in [4.69, 9.17) is 0 Å². The van der Waals surface area contributed by atoms with Crippen molar-refractivity contribution < 1.29 is 0 Å². The SMILES string of the molecule is CC1(C)c2ccccc2-c2ccc(N(c3ccc(-c4cccc5ccccc45)cc3)c3cc(-c4cc5ccccc5c5ccccc45)ccc3-c3ccccc3)cc21. The highest BCUT2D eigenvalue weighted by molar-refractivity contribution is 6.14. The lowest BCUT2D eigenvalue weighted by Crippen LogP contribution is -2.17. The summed E-state index contributed by atoms with van der Waals surface area (Å²) < 4.78 is 0. The van der Waals surface area contributed by atoms with Crippen LogP contribution in [0.1, 0.15) is 25.0 Å². The predicted octanol–water partition coefficient (Wildman–Crippen LogP) is 15.9. The van der Waals surface area contributed by atoms with Gasteiger partial charge in [-0.25, -0.2) is 0 Å². The van der Waals surface area contributed by atoms with Gasteiger partial charge in [0.2, 0.25) is 0 Å². The summed E-state index contributed by atoms with van der Waals surface area (Å²) in [5.41, 5.74) is 15.8. The molecule has 0 saturated carbocycles. The molecular formula is C57H41N. The van der Waals surface area contributed by atoms with Gasteiger partial charge in [0.15, 0.2) is 0 Å². The van der Waals surface area contributed by atoms with E-state index in [0.717, 1.165) is 17.1 Å². The van der Waals surface area contributed by atoms with Crippen molar-refractivity contribution in [2.45, 2.75) is 19.3 Å². The van der Waals surface area contributed by atoms with Crippen molar-refractivity contribution in [2.75, 3.05) is 4.90 Å². The van der Waals surface area contributed by atoms with Gasteiger partial charge in [-0.05, 0) is 119 Å². The zero-order valence-corrected chi connectivity index (χ0v) is 32.7. The van der Waals surface area contributed by atoms with Gasteiger partial charge in [0.25, 0.3) is 0 Å². The third-order valence-electron chi connectivity index (χ3n) is 12.5. The molecule has 0 bridgehead atoms. The van der Waals surface area contributed by atoms with E-state index >= 15 is 0 Å². The lowest BCUT2D eigenvalue weighted by Gasteiger charge is -2.30. The molecule has 1 heteroatoms. The van der Waals surface area contributed by atoms with Crippen LogP contribution in [0.15, 0.2) is 212 Å². The summed E-state index contributed by atoms with van der Waals surface area (Å²) in [5, 5.41) is 7.55. The number of benzene rings is 10. The van der Waals surface area contributed by atoms with E-state index in [-0.39, 0.29) is 5.41 Å². The maximum Gasteiger partial charge on any atom is 0.0546 e. The molecular weight excluding hydrogens is 699 g/mol. The second-order valence-electron chi connectivity index (χ2n) is 16.1. The van der Waals surface area contributed by atoms with Crippen molar-refractivity contribution in [3.8, 4) is 44.5 Å². The van der Waals surface area contributed by atoms with E-state index in [1.807, 2.05) is 0 Å². The Morgan fingerprint density at radius 2 is 0.879 bits per heavy atom. The molecule has 0 amide bonds. The van der Waals surface area contributed by atoms with Crippen molar-refractivity contribution in [1.82, 2.24) is 0 Å².